The molecule has 1 aliphatic heterocycles. The summed E-state index contributed by atoms with van der Waals surface area (Å²) < 4.78 is 17.6. The molecule has 0 aromatic rings. The number of nitrogens with one attached hydrogen (secondary N) is 1. The molecule has 0 radical (unpaired) electrons. The highest BCUT2D eigenvalue weighted by molar-refractivity contribution is 5.80. The quantitative estimate of drug-likeness (QED) is 0.0195. The Labute approximate surface area is 465 Å². The Morgan fingerprint density at radius 2 is 0.908 bits per heavy atom. The van der Waals surface area contributed by atoms with Crippen LogP contribution in [0.15, 0.2) is 60.8 Å². The highest BCUT2D eigenvalue weighted by atomic mass is 16.7. The number of unbranched alkanes of at least 4 members (excludes halogenated alkanes) is 31. The van der Waals surface area contributed by atoms with Crippen molar-refractivity contribution >= 4 is 11.9 Å². The normalized spacial score (nSPS) is 19.5. The standard InChI is InChI=1S/C65H117NO10/c1-4-7-10-13-16-19-22-25-26-27-28-29-30-31-32-35-38-41-44-47-50-53-60(70)76-63-62(72)61(71)59(54-67)75-65(63)74-55-56(57(68)51-48-45-42-39-36-33-23-20-17-14-11-8-5-2)66-64(73)58(69)52-49-46-43-40-37-34-24-21-18-15-12-9-6-3/h16,19,25-26,28-29,37,40,48,51,56-59,61-63,65,67-69,71-72H,4-15,17-18,20-24,27,30-36,38-39,41-47,49-50,52-55H2,1-3H3,(H,66,73)/b19-16-,26-25-,29-28-,40-37-,51-48+. The van der Waals surface area contributed by atoms with Crippen LogP contribution in [0.1, 0.15) is 278 Å². The Hall–Kier alpha value is -2.64. The smallest absolute Gasteiger partial charge is 0.306 e. The molecule has 1 amide bonds. The molecule has 1 fully saturated rings. The monoisotopic (exact) mass is 1070 g/mol. The number of rotatable bonds is 53. The Bertz CT molecular complexity index is 1460. The molecule has 8 atom stereocenters. The van der Waals surface area contributed by atoms with Gasteiger partial charge in [-0.05, 0) is 89.9 Å². The molecule has 0 saturated carbocycles. The van der Waals surface area contributed by atoms with Gasteiger partial charge in [0.05, 0.1) is 25.4 Å². The van der Waals surface area contributed by atoms with Crippen LogP contribution in [-0.4, -0.2) is 99.6 Å². The lowest BCUT2D eigenvalue weighted by molar-refractivity contribution is -0.305. The summed E-state index contributed by atoms with van der Waals surface area (Å²) in [6.07, 6.45) is 55.4. The van der Waals surface area contributed by atoms with E-state index in [1.165, 1.54) is 148 Å². The van der Waals surface area contributed by atoms with Gasteiger partial charge in [-0.2, -0.15) is 0 Å². The fraction of sp³-hybridized carbons (Fsp3) is 0.815. The van der Waals surface area contributed by atoms with Crippen LogP contribution in [0, 0.1) is 0 Å². The van der Waals surface area contributed by atoms with Crippen molar-refractivity contribution in [1.29, 1.82) is 0 Å². The van der Waals surface area contributed by atoms with Crippen molar-refractivity contribution in [2.45, 2.75) is 327 Å². The zero-order valence-corrected chi connectivity index (χ0v) is 48.9. The third kappa shape index (κ3) is 40.5. The van der Waals surface area contributed by atoms with Gasteiger partial charge in [-0.25, -0.2) is 0 Å². The lowest BCUT2D eigenvalue weighted by atomic mass is 9.99. The topological polar surface area (TPSA) is 175 Å². The Kier molecular flexibility index (Phi) is 49.8. The van der Waals surface area contributed by atoms with Gasteiger partial charge in [0.2, 0.25) is 5.91 Å². The van der Waals surface area contributed by atoms with E-state index in [0.717, 1.165) is 83.5 Å². The highest BCUT2D eigenvalue weighted by Crippen LogP contribution is 2.26. The van der Waals surface area contributed by atoms with Gasteiger partial charge < -0.3 is 45.1 Å². The molecule has 1 saturated heterocycles. The number of ether oxygens (including phenoxy) is 3. The highest BCUT2D eigenvalue weighted by Gasteiger charge is 2.47. The summed E-state index contributed by atoms with van der Waals surface area (Å²) >= 11 is 0. The Balaban J connectivity index is 2.67. The minimum absolute atomic E-state index is 0.113. The maximum Gasteiger partial charge on any atom is 0.306 e. The van der Waals surface area contributed by atoms with Crippen LogP contribution >= 0.6 is 0 Å². The summed E-state index contributed by atoms with van der Waals surface area (Å²) in [5.74, 6) is -1.22. The van der Waals surface area contributed by atoms with E-state index in [2.05, 4.69) is 74.7 Å². The number of aliphatic hydroxyl groups is 5. The van der Waals surface area contributed by atoms with E-state index in [-0.39, 0.29) is 19.4 Å². The van der Waals surface area contributed by atoms with Crippen molar-refractivity contribution in [2.75, 3.05) is 13.2 Å². The Morgan fingerprint density at radius 3 is 1.39 bits per heavy atom. The molecule has 8 unspecified atom stereocenters. The molecule has 6 N–H and O–H groups in total. The van der Waals surface area contributed by atoms with Crippen molar-refractivity contribution in [1.82, 2.24) is 5.32 Å². The molecular formula is C65H117NO10. The number of esters is 1. The lowest BCUT2D eigenvalue weighted by Gasteiger charge is -2.41. The first-order chi connectivity index (χ1) is 37.2. The largest absolute Gasteiger partial charge is 0.454 e. The second-order valence-corrected chi connectivity index (χ2v) is 21.8. The second-order valence-electron chi connectivity index (χ2n) is 21.8. The summed E-state index contributed by atoms with van der Waals surface area (Å²) in [5.41, 5.74) is 0. The predicted octanol–water partition coefficient (Wildman–Crippen LogP) is 15.0. The van der Waals surface area contributed by atoms with Gasteiger partial charge in [-0.3, -0.25) is 9.59 Å². The zero-order valence-electron chi connectivity index (χ0n) is 48.9. The van der Waals surface area contributed by atoms with E-state index < -0.39 is 67.4 Å². The number of carbonyl (C=O) groups is 2. The minimum Gasteiger partial charge on any atom is -0.454 e. The fourth-order valence-corrected chi connectivity index (χ4v) is 9.59. The third-order valence-electron chi connectivity index (χ3n) is 14.6. The van der Waals surface area contributed by atoms with E-state index in [1.54, 1.807) is 6.08 Å². The first-order valence-electron chi connectivity index (χ1n) is 31.6. The molecule has 76 heavy (non-hydrogen) atoms. The van der Waals surface area contributed by atoms with Crippen molar-refractivity contribution < 1.29 is 49.3 Å². The number of carbonyl (C=O) groups excluding carboxylic acids is 2. The van der Waals surface area contributed by atoms with Crippen LogP contribution < -0.4 is 5.32 Å². The van der Waals surface area contributed by atoms with Crippen LogP contribution in [0.3, 0.4) is 0 Å². The van der Waals surface area contributed by atoms with Gasteiger partial charge in [0.15, 0.2) is 12.4 Å². The molecule has 1 rings (SSSR count). The third-order valence-corrected chi connectivity index (χ3v) is 14.6. The number of allylic oxidation sites excluding steroid dienone is 9. The van der Waals surface area contributed by atoms with Crippen LogP contribution in [-0.2, 0) is 23.8 Å². The fourth-order valence-electron chi connectivity index (χ4n) is 9.59. The lowest BCUT2D eigenvalue weighted by Crippen LogP contribution is -2.61. The van der Waals surface area contributed by atoms with E-state index in [4.69, 9.17) is 14.2 Å². The molecule has 1 heterocycles. The SMILES string of the molecule is CCCCC/C=C\C/C=C\C/C=C\CCCCCCCCCCC(=O)OC1C(OCC(NC(=O)C(O)CCCC/C=C\CCCCCCCCC)C(O)/C=C/CCCCCCCCCCCCC)OC(CO)C(O)C1O. The van der Waals surface area contributed by atoms with Gasteiger partial charge in [-0.1, -0.05) is 242 Å². The maximum absolute atomic E-state index is 13.4. The molecule has 0 aliphatic carbocycles. The molecule has 442 valence electrons. The van der Waals surface area contributed by atoms with Crippen molar-refractivity contribution in [3.05, 3.63) is 60.8 Å². The molecule has 11 nitrogen and oxygen atoms in total. The van der Waals surface area contributed by atoms with E-state index in [0.29, 0.717) is 12.8 Å². The van der Waals surface area contributed by atoms with Crippen LogP contribution in [0.25, 0.3) is 0 Å². The molecule has 11 heteroatoms. The molecular weight excluding hydrogens is 955 g/mol. The van der Waals surface area contributed by atoms with Crippen LogP contribution in [0.4, 0.5) is 0 Å². The molecule has 0 aromatic carbocycles. The summed E-state index contributed by atoms with van der Waals surface area (Å²) in [5, 5.41) is 56.9. The number of hydrogen-bond acceptors (Lipinski definition) is 10. The number of amides is 1. The van der Waals surface area contributed by atoms with E-state index in [1.807, 2.05) is 6.08 Å². The summed E-state index contributed by atoms with van der Waals surface area (Å²) in [7, 11) is 0. The van der Waals surface area contributed by atoms with E-state index in [9.17, 15) is 35.1 Å². The first kappa shape index (κ1) is 71.4. The summed E-state index contributed by atoms with van der Waals surface area (Å²) in [6.45, 7) is 5.75. The van der Waals surface area contributed by atoms with Crippen LogP contribution in [0.2, 0.25) is 0 Å². The minimum atomic E-state index is -1.62. The van der Waals surface area contributed by atoms with Crippen LogP contribution in [0.5, 0.6) is 0 Å². The number of aliphatic hydroxyl groups excluding tert-OH is 5. The van der Waals surface area contributed by atoms with Crippen molar-refractivity contribution in [2.24, 2.45) is 0 Å². The van der Waals surface area contributed by atoms with Crippen molar-refractivity contribution in [3.8, 4) is 0 Å². The number of hydrogen-bond donors (Lipinski definition) is 6. The molecule has 1 aliphatic rings. The van der Waals surface area contributed by atoms with Gasteiger partial charge in [0, 0.05) is 6.42 Å². The summed E-state index contributed by atoms with van der Waals surface area (Å²) in [4.78, 5) is 26.5. The second kappa shape index (κ2) is 53.0. The average Bonchev–Trinajstić information content (AvgIpc) is 3.42. The van der Waals surface area contributed by atoms with Gasteiger partial charge in [0.1, 0.15) is 24.4 Å². The average molecular weight is 1070 g/mol. The van der Waals surface area contributed by atoms with E-state index >= 15 is 0 Å². The maximum atomic E-state index is 13.4. The summed E-state index contributed by atoms with van der Waals surface area (Å²) in [6, 6.07) is -1.03. The molecule has 0 spiro atoms. The Morgan fingerprint density at radius 1 is 0.513 bits per heavy atom. The first-order valence-corrected chi connectivity index (χ1v) is 31.6. The van der Waals surface area contributed by atoms with Gasteiger partial charge in [0.25, 0.3) is 0 Å². The predicted molar refractivity (Wildman–Crippen MR) is 315 cm³/mol. The molecule has 0 bridgehead atoms. The van der Waals surface area contributed by atoms with Crippen molar-refractivity contribution in [3.63, 3.8) is 0 Å². The van der Waals surface area contributed by atoms with Gasteiger partial charge in [-0.15, -0.1) is 0 Å². The molecule has 0 aromatic heterocycles. The van der Waals surface area contributed by atoms with Gasteiger partial charge >= 0.3 is 5.97 Å². The zero-order chi connectivity index (χ0) is 55.4.